The number of hydrogen-bond acceptors (Lipinski definition) is 6. The smallest absolute Gasteiger partial charge is 0.251 e. The van der Waals surface area contributed by atoms with Gasteiger partial charge in [0.25, 0.3) is 5.91 Å². The second kappa shape index (κ2) is 14.9. The number of fused-ring (bicyclic) bond motifs is 1. The predicted octanol–water partition coefficient (Wildman–Crippen LogP) is 6.27. The van der Waals surface area contributed by atoms with Gasteiger partial charge in [-0.2, -0.15) is 4.98 Å². The third-order valence-corrected chi connectivity index (χ3v) is 6.52. The molecule has 0 saturated carbocycles. The average molecular weight is 531 g/mol. The molecule has 1 fully saturated rings. The molecule has 5 rings (SSSR count). The lowest BCUT2D eigenvalue weighted by Crippen LogP contribution is -2.36. The molecule has 0 radical (unpaired) electrons. The lowest BCUT2D eigenvalue weighted by atomic mass is 9.97. The Labute approximate surface area is 232 Å². The van der Waals surface area contributed by atoms with Crippen LogP contribution in [0.2, 0.25) is 0 Å². The molecule has 2 aromatic carbocycles. The summed E-state index contributed by atoms with van der Waals surface area (Å²) in [5.74, 6) is 1.79. The van der Waals surface area contributed by atoms with Crippen molar-refractivity contribution < 1.29 is 9.53 Å². The Morgan fingerprint density at radius 2 is 1.67 bits per heavy atom. The zero-order valence-corrected chi connectivity index (χ0v) is 24.1. The van der Waals surface area contributed by atoms with Crippen LogP contribution in [0.4, 0.5) is 11.6 Å². The molecule has 0 aliphatic carbocycles. The number of amides is 1. The summed E-state index contributed by atoms with van der Waals surface area (Å²) >= 11 is 0. The number of ether oxygens (including phenoxy) is 1. The maximum absolute atomic E-state index is 12.6. The molecular formula is C31H42N6O2. The molecule has 1 saturated heterocycles. The summed E-state index contributed by atoms with van der Waals surface area (Å²) in [6.07, 6.45) is 2.26. The largest absolute Gasteiger partial charge is 0.497 e. The molecule has 1 aliphatic rings. The number of methoxy groups -OCH3 is 1. The van der Waals surface area contributed by atoms with E-state index in [0.717, 1.165) is 60.8 Å². The molecule has 208 valence electrons. The summed E-state index contributed by atoms with van der Waals surface area (Å²) in [6.45, 7) is 10.9. The van der Waals surface area contributed by atoms with Gasteiger partial charge in [-0.25, -0.2) is 4.52 Å². The van der Waals surface area contributed by atoms with Crippen LogP contribution in [0, 0.1) is 5.92 Å². The fourth-order valence-corrected chi connectivity index (χ4v) is 4.40. The van der Waals surface area contributed by atoms with Gasteiger partial charge in [0.1, 0.15) is 5.75 Å². The number of benzene rings is 2. The van der Waals surface area contributed by atoms with Crippen molar-refractivity contribution in [3.8, 4) is 17.0 Å². The van der Waals surface area contributed by atoms with Gasteiger partial charge in [0, 0.05) is 23.4 Å². The zero-order valence-electron chi connectivity index (χ0n) is 24.1. The highest BCUT2D eigenvalue weighted by Crippen LogP contribution is 2.25. The Kier molecular flexibility index (Phi) is 11.3. The van der Waals surface area contributed by atoms with Gasteiger partial charge in [0.15, 0.2) is 5.65 Å². The molecule has 39 heavy (non-hydrogen) atoms. The van der Waals surface area contributed by atoms with Crippen molar-refractivity contribution in [2.24, 2.45) is 5.92 Å². The molecule has 0 atom stereocenters. The molecule has 0 bridgehead atoms. The van der Waals surface area contributed by atoms with Crippen LogP contribution in [0.15, 0.2) is 66.7 Å². The maximum Gasteiger partial charge on any atom is 0.251 e. The van der Waals surface area contributed by atoms with E-state index in [1.54, 1.807) is 7.11 Å². The van der Waals surface area contributed by atoms with Gasteiger partial charge in [0.2, 0.25) is 5.95 Å². The molecule has 0 unspecified atom stereocenters. The monoisotopic (exact) mass is 530 g/mol. The van der Waals surface area contributed by atoms with Crippen molar-refractivity contribution in [3.63, 3.8) is 0 Å². The molecule has 4 aromatic rings. The number of piperidine rings is 1. The maximum atomic E-state index is 12.6. The predicted molar refractivity (Wildman–Crippen MR) is 160 cm³/mol. The highest BCUT2D eigenvalue weighted by Gasteiger charge is 2.17. The van der Waals surface area contributed by atoms with Crippen LogP contribution in [0.25, 0.3) is 16.9 Å². The van der Waals surface area contributed by atoms with Crippen molar-refractivity contribution >= 4 is 23.2 Å². The minimum atomic E-state index is -0.0377. The first-order chi connectivity index (χ1) is 19.1. The fourth-order valence-electron chi connectivity index (χ4n) is 4.40. The van der Waals surface area contributed by atoms with E-state index in [-0.39, 0.29) is 5.91 Å². The van der Waals surface area contributed by atoms with E-state index >= 15 is 0 Å². The van der Waals surface area contributed by atoms with Gasteiger partial charge in [-0.15, -0.1) is 5.10 Å². The molecule has 0 spiro atoms. The lowest BCUT2D eigenvalue weighted by Gasteiger charge is -2.28. The number of aromatic nitrogens is 3. The number of likely N-dealkylation sites (tertiary alicyclic amines) is 1. The van der Waals surface area contributed by atoms with Crippen LogP contribution in [0.5, 0.6) is 5.75 Å². The van der Waals surface area contributed by atoms with Crippen molar-refractivity contribution in [2.45, 2.75) is 40.5 Å². The summed E-state index contributed by atoms with van der Waals surface area (Å²) in [7, 11) is 3.80. The van der Waals surface area contributed by atoms with Crippen molar-refractivity contribution in [2.75, 3.05) is 39.1 Å². The van der Waals surface area contributed by atoms with Gasteiger partial charge in [-0.3, -0.25) is 4.79 Å². The first-order valence-electron chi connectivity index (χ1n) is 13.9. The van der Waals surface area contributed by atoms with Crippen molar-refractivity contribution in [3.05, 3.63) is 72.3 Å². The lowest BCUT2D eigenvalue weighted by molar-refractivity contribution is 0.0939. The highest BCUT2D eigenvalue weighted by molar-refractivity contribution is 5.94. The standard InChI is InChI=1S/C27H30N6O2.2C2H6/c1-32-15-13-19(14-16-32)18-28-26(34)20-9-11-22(12-10-20)29-27-30-25-8-4-7-24(33(25)31-27)21-5-3-6-23(17-21)35-2;2*1-2/h3-12,17,19H,13-16,18H2,1-2H3,(H,28,34)(H,29,31);2*1-2H3. The minimum Gasteiger partial charge on any atom is -0.497 e. The number of carbonyl (C=O) groups excluding carboxylic acids is 1. The summed E-state index contributed by atoms with van der Waals surface area (Å²) in [5.41, 5.74) is 4.10. The van der Waals surface area contributed by atoms with Crippen molar-refractivity contribution in [1.82, 2.24) is 24.8 Å². The molecule has 8 nitrogen and oxygen atoms in total. The molecule has 2 N–H and O–H groups in total. The summed E-state index contributed by atoms with van der Waals surface area (Å²) in [4.78, 5) is 19.5. The van der Waals surface area contributed by atoms with E-state index in [1.165, 1.54) is 0 Å². The number of anilines is 2. The van der Waals surface area contributed by atoms with E-state index in [1.807, 2.05) is 98.9 Å². The van der Waals surface area contributed by atoms with Crippen LogP contribution >= 0.6 is 0 Å². The van der Waals surface area contributed by atoms with Gasteiger partial charge in [0.05, 0.1) is 12.8 Å². The normalized spacial score (nSPS) is 13.5. The van der Waals surface area contributed by atoms with Crippen LogP contribution in [0.1, 0.15) is 50.9 Å². The van der Waals surface area contributed by atoms with E-state index < -0.39 is 0 Å². The molecule has 3 heterocycles. The van der Waals surface area contributed by atoms with E-state index in [4.69, 9.17) is 4.74 Å². The zero-order chi connectivity index (χ0) is 28.2. The number of rotatable bonds is 7. The second-order valence-corrected chi connectivity index (χ2v) is 9.01. The Morgan fingerprint density at radius 3 is 2.36 bits per heavy atom. The molecule has 1 aliphatic heterocycles. The Hall–Kier alpha value is -3.91. The minimum absolute atomic E-state index is 0.0377. The van der Waals surface area contributed by atoms with Gasteiger partial charge in [-0.1, -0.05) is 45.9 Å². The Morgan fingerprint density at radius 1 is 0.974 bits per heavy atom. The van der Waals surface area contributed by atoms with E-state index in [9.17, 15) is 4.79 Å². The fraction of sp³-hybridized carbons (Fsp3) is 0.387. The quantitative estimate of drug-likeness (QED) is 0.293. The summed E-state index contributed by atoms with van der Waals surface area (Å²) in [5, 5.41) is 11.0. The SMILES string of the molecule is CC.CC.COc1cccc(-c2cccc3nc(Nc4ccc(C(=O)NCC5CCN(C)CC5)cc4)nn23)c1. The molecule has 8 heteroatoms. The Balaban J connectivity index is 0.00000100. The topological polar surface area (TPSA) is 83.8 Å². The van der Waals surface area contributed by atoms with Gasteiger partial charge in [-0.05, 0) is 87.4 Å². The van der Waals surface area contributed by atoms with Crippen LogP contribution in [0.3, 0.4) is 0 Å². The number of pyridine rings is 1. The molecule has 1 amide bonds. The van der Waals surface area contributed by atoms with Crippen LogP contribution in [-0.4, -0.2) is 59.2 Å². The molecule has 2 aromatic heterocycles. The van der Waals surface area contributed by atoms with E-state index in [2.05, 4.69) is 32.7 Å². The second-order valence-electron chi connectivity index (χ2n) is 9.01. The third kappa shape index (κ3) is 7.80. The summed E-state index contributed by atoms with van der Waals surface area (Å²) in [6, 6.07) is 21.1. The molecular weight excluding hydrogens is 488 g/mol. The average Bonchev–Trinajstić information content (AvgIpc) is 3.42. The highest BCUT2D eigenvalue weighted by atomic mass is 16.5. The Bertz CT molecular complexity index is 1310. The summed E-state index contributed by atoms with van der Waals surface area (Å²) < 4.78 is 7.17. The van der Waals surface area contributed by atoms with Gasteiger partial charge >= 0.3 is 0 Å². The first kappa shape index (κ1) is 29.6. The number of carbonyl (C=O) groups is 1. The number of nitrogens with zero attached hydrogens (tertiary/aromatic N) is 4. The van der Waals surface area contributed by atoms with Crippen molar-refractivity contribution in [1.29, 1.82) is 0 Å². The number of hydrogen-bond donors (Lipinski definition) is 2. The van der Waals surface area contributed by atoms with Crippen LogP contribution in [-0.2, 0) is 0 Å². The van der Waals surface area contributed by atoms with E-state index in [0.29, 0.717) is 17.4 Å². The van der Waals surface area contributed by atoms with Gasteiger partial charge < -0.3 is 20.3 Å². The number of nitrogens with one attached hydrogen (secondary N) is 2. The third-order valence-electron chi connectivity index (χ3n) is 6.52. The first-order valence-corrected chi connectivity index (χ1v) is 13.9. The van der Waals surface area contributed by atoms with Crippen LogP contribution < -0.4 is 15.4 Å².